The molecule has 0 saturated heterocycles. The van der Waals surface area contributed by atoms with E-state index in [4.69, 9.17) is 27.9 Å². The second-order valence-electron chi connectivity index (χ2n) is 5.81. The molecule has 0 atom stereocenters. The third kappa shape index (κ3) is 6.39. The van der Waals surface area contributed by atoms with Crippen LogP contribution in [0.5, 0.6) is 5.75 Å². The molecule has 0 saturated carbocycles. The third-order valence-corrected chi connectivity index (χ3v) is 4.10. The molecule has 140 valence electrons. The molecule has 5 nitrogen and oxygen atoms in total. The highest BCUT2D eigenvalue weighted by atomic mass is 35.5. The Morgan fingerprint density at radius 2 is 2.15 bits per heavy atom. The van der Waals surface area contributed by atoms with Gasteiger partial charge in [0, 0.05) is 13.6 Å². The van der Waals surface area contributed by atoms with Crippen molar-refractivity contribution in [3.05, 3.63) is 57.9 Å². The second kappa shape index (κ2) is 10.2. The van der Waals surface area contributed by atoms with Gasteiger partial charge >= 0.3 is 0 Å². The minimum Gasteiger partial charge on any atom is -0.494 e. The van der Waals surface area contributed by atoms with Gasteiger partial charge in [-0.25, -0.2) is 0 Å². The normalized spacial score (nSPS) is 10.5. The molecular formula is C19H23Cl2N3O2. The van der Waals surface area contributed by atoms with Gasteiger partial charge < -0.3 is 10.1 Å². The lowest BCUT2D eigenvalue weighted by Gasteiger charge is -2.09. The first-order valence-corrected chi connectivity index (χ1v) is 9.29. The summed E-state index contributed by atoms with van der Waals surface area (Å²) in [6.07, 6.45) is 4.14. The molecule has 0 aliphatic carbocycles. The van der Waals surface area contributed by atoms with Gasteiger partial charge in [-0.3, -0.25) is 9.48 Å². The first-order chi connectivity index (χ1) is 12.5. The van der Waals surface area contributed by atoms with Gasteiger partial charge in [0.2, 0.25) is 0 Å². The maximum absolute atomic E-state index is 12.3. The lowest BCUT2D eigenvalue weighted by atomic mass is 10.2. The van der Waals surface area contributed by atoms with E-state index in [0.717, 1.165) is 36.3 Å². The van der Waals surface area contributed by atoms with Gasteiger partial charge in [-0.15, -0.1) is 0 Å². The number of carbonyl (C=O) groups is 1. The maximum atomic E-state index is 12.3. The minimum atomic E-state index is -0.143. The fourth-order valence-electron chi connectivity index (χ4n) is 2.41. The molecule has 1 heterocycles. The van der Waals surface area contributed by atoms with E-state index in [0.29, 0.717) is 18.8 Å². The highest BCUT2D eigenvalue weighted by Gasteiger charge is 2.12. The van der Waals surface area contributed by atoms with Gasteiger partial charge in [-0.2, -0.15) is 5.10 Å². The van der Waals surface area contributed by atoms with E-state index in [1.54, 1.807) is 17.8 Å². The Kier molecular flexibility index (Phi) is 8.01. The number of amides is 1. The highest BCUT2D eigenvalue weighted by molar-refractivity contribution is 6.55. The first kappa shape index (κ1) is 20.3. The summed E-state index contributed by atoms with van der Waals surface area (Å²) in [5.41, 5.74) is 2.43. The van der Waals surface area contributed by atoms with Crippen LogP contribution in [0, 0.1) is 0 Å². The SMILES string of the molecule is CCc1cc(C(=O)NCc2cccc(OCCCC=C(Cl)Cl)c2)n(C)n1. The number of nitrogens with one attached hydrogen (secondary N) is 1. The van der Waals surface area contributed by atoms with Gasteiger partial charge in [0.1, 0.15) is 15.9 Å². The van der Waals surface area contributed by atoms with Crippen molar-refractivity contribution >= 4 is 29.1 Å². The van der Waals surface area contributed by atoms with E-state index in [1.165, 1.54) is 0 Å². The fourth-order valence-corrected chi connectivity index (χ4v) is 2.63. The second-order valence-corrected chi connectivity index (χ2v) is 6.82. The van der Waals surface area contributed by atoms with Crippen molar-refractivity contribution in [3.63, 3.8) is 0 Å². The standard InChI is InChI=1S/C19H23Cl2N3O2/c1-3-15-12-17(24(2)23-15)19(25)22-13-14-7-6-8-16(11-14)26-10-5-4-9-18(20)21/h6-9,11-12H,3-5,10,13H2,1-2H3,(H,22,25). The summed E-state index contributed by atoms with van der Waals surface area (Å²) in [6.45, 7) is 3.01. The van der Waals surface area contributed by atoms with Crippen molar-refractivity contribution in [2.24, 2.45) is 7.05 Å². The van der Waals surface area contributed by atoms with Crippen LogP contribution in [0.1, 0.15) is 41.5 Å². The number of aryl methyl sites for hydroxylation is 2. The number of aromatic nitrogens is 2. The Hall–Kier alpha value is -1.98. The highest BCUT2D eigenvalue weighted by Crippen LogP contribution is 2.15. The number of halogens is 2. The molecule has 2 rings (SSSR count). The van der Waals surface area contributed by atoms with E-state index in [1.807, 2.05) is 37.3 Å². The van der Waals surface area contributed by atoms with Crippen LogP contribution in [0.4, 0.5) is 0 Å². The molecule has 0 fully saturated rings. The lowest BCUT2D eigenvalue weighted by Crippen LogP contribution is -2.25. The maximum Gasteiger partial charge on any atom is 0.269 e. The smallest absolute Gasteiger partial charge is 0.269 e. The number of rotatable bonds is 9. The number of nitrogens with zero attached hydrogens (tertiary/aromatic N) is 2. The number of hydrogen-bond acceptors (Lipinski definition) is 3. The summed E-state index contributed by atoms with van der Waals surface area (Å²) in [6, 6.07) is 9.49. The zero-order valence-corrected chi connectivity index (χ0v) is 16.5. The number of ether oxygens (including phenoxy) is 1. The predicted molar refractivity (Wildman–Crippen MR) is 105 cm³/mol. The van der Waals surface area contributed by atoms with E-state index in [2.05, 4.69) is 10.4 Å². The summed E-state index contributed by atoms with van der Waals surface area (Å²) >= 11 is 11.1. The van der Waals surface area contributed by atoms with Gasteiger partial charge in [-0.1, -0.05) is 48.3 Å². The van der Waals surface area contributed by atoms with Crippen molar-refractivity contribution in [1.82, 2.24) is 15.1 Å². The monoisotopic (exact) mass is 395 g/mol. The zero-order valence-electron chi connectivity index (χ0n) is 15.0. The Morgan fingerprint density at radius 1 is 1.35 bits per heavy atom. The minimum absolute atomic E-state index is 0.143. The molecule has 1 N–H and O–H groups in total. The Bertz CT molecular complexity index is 768. The van der Waals surface area contributed by atoms with Crippen LogP contribution in [0.2, 0.25) is 0 Å². The summed E-state index contributed by atoms with van der Waals surface area (Å²) in [7, 11) is 1.77. The van der Waals surface area contributed by atoms with Gasteiger partial charge in [0.25, 0.3) is 5.91 Å². The number of carbonyl (C=O) groups excluding carboxylic acids is 1. The average molecular weight is 396 g/mol. The Balaban J connectivity index is 1.85. The number of allylic oxidation sites excluding steroid dienone is 1. The molecule has 1 amide bonds. The van der Waals surface area contributed by atoms with Crippen molar-refractivity contribution in [2.75, 3.05) is 6.61 Å². The van der Waals surface area contributed by atoms with Gasteiger partial charge in [0.15, 0.2) is 0 Å². The largest absolute Gasteiger partial charge is 0.494 e. The lowest BCUT2D eigenvalue weighted by molar-refractivity contribution is 0.0941. The predicted octanol–water partition coefficient (Wildman–Crippen LogP) is 4.39. The molecule has 1 aromatic carbocycles. The molecule has 0 bridgehead atoms. The van der Waals surface area contributed by atoms with Crippen molar-refractivity contribution < 1.29 is 9.53 Å². The summed E-state index contributed by atoms with van der Waals surface area (Å²) in [5.74, 6) is 0.627. The summed E-state index contributed by atoms with van der Waals surface area (Å²) in [5, 5.41) is 7.21. The van der Waals surface area contributed by atoms with Crippen LogP contribution in [-0.2, 0) is 20.0 Å². The molecule has 0 aliphatic rings. The Labute approximate surface area is 163 Å². The number of unbranched alkanes of at least 4 members (excludes halogenated alkanes) is 1. The van der Waals surface area contributed by atoms with E-state index in [9.17, 15) is 4.79 Å². The van der Waals surface area contributed by atoms with Gasteiger partial charge in [-0.05, 0) is 43.0 Å². The van der Waals surface area contributed by atoms with Gasteiger partial charge in [0.05, 0.1) is 12.3 Å². The number of hydrogen-bond donors (Lipinski definition) is 1. The van der Waals surface area contributed by atoms with E-state index in [-0.39, 0.29) is 10.4 Å². The number of benzene rings is 1. The molecule has 1 aromatic heterocycles. The van der Waals surface area contributed by atoms with Crippen LogP contribution in [0.25, 0.3) is 0 Å². The molecular weight excluding hydrogens is 373 g/mol. The summed E-state index contributed by atoms with van der Waals surface area (Å²) < 4.78 is 7.60. The van der Waals surface area contributed by atoms with E-state index >= 15 is 0 Å². The molecule has 0 radical (unpaired) electrons. The molecule has 7 heteroatoms. The molecule has 0 unspecified atom stereocenters. The van der Waals surface area contributed by atoms with Crippen molar-refractivity contribution in [2.45, 2.75) is 32.7 Å². The molecule has 2 aromatic rings. The van der Waals surface area contributed by atoms with Crippen molar-refractivity contribution in [1.29, 1.82) is 0 Å². The van der Waals surface area contributed by atoms with Crippen molar-refractivity contribution in [3.8, 4) is 5.75 Å². The van der Waals surface area contributed by atoms with Crippen LogP contribution < -0.4 is 10.1 Å². The zero-order chi connectivity index (χ0) is 18.9. The van der Waals surface area contributed by atoms with Crippen LogP contribution in [0.3, 0.4) is 0 Å². The first-order valence-electron chi connectivity index (χ1n) is 8.53. The quantitative estimate of drug-likeness (QED) is 0.640. The van der Waals surface area contributed by atoms with Crippen LogP contribution >= 0.6 is 23.2 Å². The topological polar surface area (TPSA) is 56.1 Å². The average Bonchev–Trinajstić information content (AvgIpc) is 3.00. The summed E-state index contributed by atoms with van der Waals surface area (Å²) in [4.78, 5) is 12.3. The fraction of sp³-hybridized carbons (Fsp3) is 0.368. The third-order valence-electron chi connectivity index (χ3n) is 3.79. The van der Waals surface area contributed by atoms with Crippen LogP contribution in [0.15, 0.2) is 40.9 Å². The van der Waals surface area contributed by atoms with Crippen LogP contribution in [-0.4, -0.2) is 22.3 Å². The Morgan fingerprint density at radius 3 is 2.85 bits per heavy atom. The van der Waals surface area contributed by atoms with E-state index < -0.39 is 0 Å². The molecule has 0 spiro atoms. The molecule has 26 heavy (non-hydrogen) atoms. The molecule has 0 aliphatic heterocycles.